The monoisotopic (exact) mass is 527 g/mol. The summed E-state index contributed by atoms with van der Waals surface area (Å²) >= 11 is 1.74. The van der Waals surface area contributed by atoms with Crippen molar-refractivity contribution in [3.8, 4) is 0 Å². The Hall–Kier alpha value is -1.19. The number of hydrogen-bond acceptors (Lipinski definition) is 4. The van der Waals surface area contributed by atoms with Gasteiger partial charge in [0.15, 0.2) is 5.96 Å². The minimum absolute atomic E-state index is 0. The summed E-state index contributed by atoms with van der Waals surface area (Å²) in [6.45, 7) is 9.16. The molecule has 0 bridgehead atoms. The summed E-state index contributed by atoms with van der Waals surface area (Å²) in [7, 11) is 1.81. The number of aromatic nitrogens is 1. The number of guanidine groups is 1. The van der Waals surface area contributed by atoms with Crippen LogP contribution in [0.15, 0.2) is 29.3 Å². The normalized spacial score (nSPS) is 15.5. The molecule has 1 aromatic carbocycles. The highest BCUT2D eigenvalue weighted by atomic mass is 127. The van der Waals surface area contributed by atoms with Crippen molar-refractivity contribution in [1.29, 1.82) is 0 Å². The Balaban J connectivity index is 0.00000300. The summed E-state index contributed by atoms with van der Waals surface area (Å²) in [6, 6.07) is 8.91. The molecule has 160 valence electrons. The summed E-state index contributed by atoms with van der Waals surface area (Å²) in [4.78, 5) is 12.8. The Morgan fingerprint density at radius 1 is 1.07 bits per heavy atom. The average Bonchev–Trinajstić information content (AvgIpc) is 2.87. The van der Waals surface area contributed by atoms with E-state index in [0.717, 1.165) is 29.8 Å². The molecule has 0 unspecified atom stereocenters. The predicted octanol–water partition coefficient (Wildman–Crippen LogP) is 4.62. The van der Waals surface area contributed by atoms with Crippen LogP contribution < -0.4 is 10.6 Å². The van der Waals surface area contributed by atoms with Gasteiger partial charge in [-0.1, -0.05) is 37.1 Å². The third-order valence-corrected chi connectivity index (χ3v) is 6.33. The van der Waals surface area contributed by atoms with E-state index in [4.69, 9.17) is 0 Å². The first kappa shape index (κ1) is 24.1. The minimum Gasteiger partial charge on any atom is -0.352 e. The summed E-state index contributed by atoms with van der Waals surface area (Å²) in [5.74, 6) is 0.809. The second-order valence-corrected chi connectivity index (χ2v) is 8.83. The second kappa shape index (κ2) is 12.5. The first-order valence-corrected chi connectivity index (χ1v) is 11.1. The largest absolute Gasteiger partial charge is 0.352 e. The quantitative estimate of drug-likeness (QED) is 0.327. The number of aliphatic imine (C=N–C) groups is 1. The number of benzene rings is 1. The van der Waals surface area contributed by atoms with Crippen LogP contribution in [0.2, 0.25) is 0 Å². The predicted molar refractivity (Wildman–Crippen MR) is 134 cm³/mol. The molecule has 1 aromatic heterocycles. The van der Waals surface area contributed by atoms with E-state index in [1.165, 1.54) is 54.8 Å². The van der Waals surface area contributed by atoms with Gasteiger partial charge >= 0.3 is 0 Å². The maximum atomic E-state index is 4.58. The van der Waals surface area contributed by atoms with E-state index in [9.17, 15) is 0 Å². The zero-order valence-corrected chi connectivity index (χ0v) is 21.0. The number of thiazole rings is 1. The van der Waals surface area contributed by atoms with E-state index in [1.54, 1.807) is 11.3 Å². The standard InChI is InChI=1S/C22H33N5S.HI/c1-17-18(2)28-21(26-17)15-25-22(23-3)24-14-19-9-8-10-20(13-19)16-27-11-6-4-5-7-12-27;/h8-10,13H,4-7,11-12,14-16H2,1-3H3,(H2,23,24,25);1H. The lowest BCUT2D eigenvalue weighted by atomic mass is 10.1. The molecular weight excluding hydrogens is 493 g/mol. The highest BCUT2D eigenvalue weighted by molar-refractivity contribution is 14.0. The van der Waals surface area contributed by atoms with Crippen LogP contribution in [0.1, 0.15) is 52.4 Å². The molecule has 2 N–H and O–H groups in total. The Labute approximate surface area is 196 Å². The van der Waals surface area contributed by atoms with E-state index in [0.29, 0.717) is 6.54 Å². The van der Waals surface area contributed by atoms with Crippen molar-refractivity contribution in [3.05, 3.63) is 51.0 Å². The number of rotatable bonds is 6. The van der Waals surface area contributed by atoms with Gasteiger partial charge in [0.05, 0.1) is 12.2 Å². The van der Waals surface area contributed by atoms with Crippen molar-refractivity contribution in [2.45, 2.75) is 59.2 Å². The Morgan fingerprint density at radius 3 is 2.41 bits per heavy atom. The van der Waals surface area contributed by atoms with Crippen LogP contribution in [0.5, 0.6) is 0 Å². The molecule has 0 saturated carbocycles. The second-order valence-electron chi connectivity index (χ2n) is 7.54. The average molecular weight is 528 g/mol. The first-order chi connectivity index (χ1) is 13.6. The lowest BCUT2D eigenvalue weighted by molar-refractivity contribution is 0.277. The van der Waals surface area contributed by atoms with Crippen LogP contribution in [0.4, 0.5) is 0 Å². The topological polar surface area (TPSA) is 52.6 Å². The van der Waals surface area contributed by atoms with Crippen molar-refractivity contribution in [2.75, 3.05) is 20.1 Å². The van der Waals surface area contributed by atoms with Gasteiger partial charge < -0.3 is 10.6 Å². The highest BCUT2D eigenvalue weighted by Gasteiger charge is 2.10. The molecule has 3 rings (SSSR count). The molecule has 0 radical (unpaired) electrons. The molecule has 29 heavy (non-hydrogen) atoms. The van der Waals surface area contributed by atoms with E-state index in [2.05, 4.69) is 63.6 Å². The van der Waals surface area contributed by atoms with E-state index >= 15 is 0 Å². The van der Waals surface area contributed by atoms with Gasteiger partial charge in [0, 0.05) is 25.0 Å². The summed E-state index contributed by atoms with van der Waals surface area (Å²) in [5.41, 5.74) is 3.81. The van der Waals surface area contributed by atoms with Crippen LogP contribution in [0.25, 0.3) is 0 Å². The molecule has 0 spiro atoms. The number of aryl methyl sites for hydroxylation is 2. The number of likely N-dealkylation sites (tertiary alicyclic amines) is 1. The van der Waals surface area contributed by atoms with Gasteiger partial charge in [-0.25, -0.2) is 4.98 Å². The van der Waals surface area contributed by atoms with E-state index in [-0.39, 0.29) is 24.0 Å². The summed E-state index contributed by atoms with van der Waals surface area (Å²) < 4.78 is 0. The number of nitrogens with one attached hydrogen (secondary N) is 2. The molecule has 1 fully saturated rings. The van der Waals surface area contributed by atoms with Crippen LogP contribution in [0, 0.1) is 13.8 Å². The van der Waals surface area contributed by atoms with Crippen LogP contribution in [0.3, 0.4) is 0 Å². The summed E-state index contributed by atoms with van der Waals surface area (Å²) in [5, 5.41) is 7.88. The molecule has 0 aliphatic carbocycles. The highest BCUT2D eigenvalue weighted by Crippen LogP contribution is 2.16. The fourth-order valence-corrected chi connectivity index (χ4v) is 4.44. The van der Waals surface area contributed by atoms with Gasteiger partial charge in [-0.2, -0.15) is 0 Å². The third kappa shape index (κ3) is 7.86. The van der Waals surface area contributed by atoms with E-state index < -0.39 is 0 Å². The molecule has 1 aliphatic rings. The molecule has 2 aromatic rings. The molecule has 7 heteroatoms. The fraction of sp³-hybridized carbons (Fsp3) is 0.545. The zero-order chi connectivity index (χ0) is 19.8. The lowest BCUT2D eigenvalue weighted by Crippen LogP contribution is -2.36. The van der Waals surface area contributed by atoms with Crippen molar-refractivity contribution >= 4 is 41.3 Å². The molecule has 0 atom stereocenters. The van der Waals surface area contributed by atoms with Gasteiger partial charge in [0.25, 0.3) is 0 Å². The number of hydrogen-bond donors (Lipinski definition) is 2. The van der Waals surface area contributed by atoms with Gasteiger partial charge in [0.1, 0.15) is 5.01 Å². The molecule has 5 nitrogen and oxygen atoms in total. The van der Waals surface area contributed by atoms with Crippen LogP contribution >= 0.6 is 35.3 Å². The fourth-order valence-electron chi connectivity index (χ4n) is 3.57. The third-order valence-electron chi connectivity index (χ3n) is 5.26. The van der Waals surface area contributed by atoms with Crippen molar-refractivity contribution in [2.24, 2.45) is 4.99 Å². The maximum Gasteiger partial charge on any atom is 0.191 e. The Bertz CT molecular complexity index is 762. The van der Waals surface area contributed by atoms with E-state index in [1.807, 2.05) is 7.05 Å². The zero-order valence-electron chi connectivity index (χ0n) is 17.8. The van der Waals surface area contributed by atoms with Gasteiger partial charge in [-0.15, -0.1) is 35.3 Å². The SMILES string of the molecule is CN=C(NCc1cccc(CN2CCCCCC2)c1)NCc1nc(C)c(C)s1.I. The minimum atomic E-state index is 0. The lowest BCUT2D eigenvalue weighted by Gasteiger charge is -2.20. The molecule has 1 saturated heterocycles. The van der Waals surface area contributed by atoms with Crippen LogP contribution in [-0.4, -0.2) is 36.0 Å². The Kier molecular flexibility index (Phi) is 10.4. The molecule has 0 amide bonds. The van der Waals surface area contributed by atoms with Crippen molar-refractivity contribution in [3.63, 3.8) is 0 Å². The maximum absolute atomic E-state index is 4.58. The number of halogens is 1. The smallest absolute Gasteiger partial charge is 0.191 e. The Morgan fingerprint density at radius 2 is 1.76 bits per heavy atom. The van der Waals surface area contributed by atoms with Crippen LogP contribution in [-0.2, 0) is 19.6 Å². The molecule has 1 aliphatic heterocycles. The molecule has 2 heterocycles. The summed E-state index contributed by atoms with van der Waals surface area (Å²) in [6.07, 6.45) is 5.43. The number of nitrogens with zero attached hydrogens (tertiary/aromatic N) is 3. The first-order valence-electron chi connectivity index (χ1n) is 10.3. The van der Waals surface area contributed by atoms with Crippen molar-refractivity contribution in [1.82, 2.24) is 20.5 Å². The van der Waals surface area contributed by atoms with Gasteiger partial charge in [0.2, 0.25) is 0 Å². The molecular formula is C22H34IN5S. The van der Waals surface area contributed by atoms with Gasteiger partial charge in [-0.05, 0) is 50.9 Å². The van der Waals surface area contributed by atoms with Crippen molar-refractivity contribution < 1.29 is 0 Å². The van der Waals surface area contributed by atoms with Gasteiger partial charge in [-0.3, -0.25) is 9.89 Å².